The topological polar surface area (TPSA) is 134 Å². The molecule has 4 rings (SSSR count). The number of anilines is 2. The largest absolute Gasteiger partial charge is 0.480 e. The van der Waals surface area contributed by atoms with Gasteiger partial charge in [-0.2, -0.15) is 0 Å². The maximum Gasteiger partial charge on any atom is 0.326 e. The third kappa shape index (κ3) is 5.25. The molecule has 0 saturated heterocycles. The maximum atomic E-state index is 12.4. The SMILES string of the molecule is CC(C)C(NC(=O)c1cc(-c2ccc(NC(=O)Nc3ccc4c(c3)CCC4)cc2)no1)C(=O)O. The van der Waals surface area contributed by atoms with E-state index in [9.17, 15) is 19.5 Å². The number of carboxylic acid groups (broad SMARTS) is 1. The van der Waals surface area contributed by atoms with E-state index in [4.69, 9.17) is 4.52 Å². The summed E-state index contributed by atoms with van der Waals surface area (Å²) in [6.07, 6.45) is 3.28. The third-order valence-electron chi connectivity index (χ3n) is 5.75. The molecule has 0 saturated carbocycles. The number of hydrogen-bond donors (Lipinski definition) is 4. The third-order valence-corrected chi connectivity index (χ3v) is 5.75. The zero-order valence-corrected chi connectivity index (χ0v) is 18.9. The summed E-state index contributed by atoms with van der Waals surface area (Å²) in [7, 11) is 0. The first-order valence-corrected chi connectivity index (χ1v) is 11.1. The Morgan fingerprint density at radius 2 is 1.62 bits per heavy atom. The molecule has 1 heterocycles. The highest BCUT2D eigenvalue weighted by molar-refractivity contribution is 6.00. The number of hydrogen-bond acceptors (Lipinski definition) is 5. The molecule has 1 unspecified atom stereocenters. The Bertz CT molecular complexity index is 1220. The number of urea groups is 1. The van der Waals surface area contributed by atoms with Crippen LogP contribution in [0.5, 0.6) is 0 Å². The number of nitrogens with one attached hydrogen (secondary N) is 3. The second kappa shape index (κ2) is 9.78. The van der Waals surface area contributed by atoms with E-state index < -0.39 is 17.9 Å². The Balaban J connectivity index is 1.36. The zero-order valence-electron chi connectivity index (χ0n) is 18.9. The second-order valence-electron chi connectivity index (χ2n) is 8.60. The predicted molar refractivity (Wildman–Crippen MR) is 127 cm³/mol. The van der Waals surface area contributed by atoms with Gasteiger partial charge in [0.1, 0.15) is 11.7 Å². The van der Waals surface area contributed by atoms with Gasteiger partial charge in [0.2, 0.25) is 5.76 Å². The fraction of sp³-hybridized carbons (Fsp3) is 0.280. The average molecular weight is 463 g/mol. The molecule has 1 atom stereocenters. The molecule has 4 N–H and O–H groups in total. The molecule has 3 amide bonds. The summed E-state index contributed by atoms with van der Waals surface area (Å²) < 4.78 is 5.10. The molecule has 0 radical (unpaired) electrons. The van der Waals surface area contributed by atoms with Crippen LogP contribution in [0.3, 0.4) is 0 Å². The van der Waals surface area contributed by atoms with Crippen LogP contribution >= 0.6 is 0 Å². The van der Waals surface area contributed by atoms with Crippen LogP contribution in [-0.2, 0) is 17.6 Å². The van der Waals surface area contributed by atoms with Crippen LogP contribution in [0.4, 0.5) is 16.2 Å². The molecule has 3 aromatic rings. The number of carbonyl (C=O) groups is 3. The first-order chi connectivity index (χ1) is 16.3. The lowest BCUT2D eigenvalue weighted by Crippen LogP contribution is -2.44. The van der Waals surface area contributed by atoms with Gasteiger partial charge in [-0.3, -0.25) is 4.79 Å². The standard InChI is InChI=1S/C25H26N4O5/c1-14(2)22(24(31)32)28-23(30)21-13-20(29-34-21)16-7-9-18(10-8-16)26-25(33)27-19-11-6-15-4-3-5-17(15)12-19/h6-14,22H,3-5H2,1-2H3,(H,28,30)(H,31,32)(H2,26,27,33). The lowest BCUT2D eigenvalue weighted by molar-refractivity contribution is -0.140. The van der Waals surface area contributed by atoms with Crippen molar-refractivity contribution in [2.24, 2.45) is 5.92 Å². The first-order valence-electron chi connectivity index (χ1n) is 11.1. The second-order valence-corrected chi connectivity index (χ2v) is 8.60. The Morgan fingerprint density at radius 3 is 2.32 bits per heavy atom. The first kappa shape index (κ1) is 23.0. The molecule has 34 heavy (non-hydrogen) atoms. The van der Waals surface area contributed by atoms with E-state index in [-0.39, 0.29) is 17.7 Å². The van der Waals surface area contributed by atoms with Gasteiger partial charge in [-0.25, -0.2) is 9.59 Å². The van der Waals surface area contributed by atoms with Gasteiger partial charge in [0.05, 0.1) is 0 Å². The van der Waals surface area contributed by atoms with Crippen LogP contribution in [0.25, 0.3) is 11.3 Å². The fourth-order valence-electron chi connectivity index (χ4n) is 3.91. The monoisotopic (exact) mass is 462 g/mol. The van der Waals surface area contributed by atoms with Crippen molar-refractivity contribution < 1.29 is 24.0 Å². The molecule has 0 bridgehead atoms. The number of nitrogens with zero attached hydrogens (tertiary/aromatic N) is 1. The summed E-state index contributed by atoms with van der Waals surface area (Å²) in [4.78, 5) is 36.0. The summed E-state index contributed by atoms with van der Waals surface area (Å²) in [5.74, 6) is -2.14. The number of carbonyl (C=O) groups excluding carboxylic acids is 2. The van der Waals surface area contributed by atoms with Crippen molar-refractivity contribution in [1.82, 2.24) is 10.5 Å². The Hall–Kier alpha value is -4.14. The number of aliphatic carboxylic acids is 1. The summed E-state index contributed by atoms with van der Waals surface area (Å²) in [5, 5.41) is 21.2. The van der Waals surface area contributed by atoms with E-state index in [1.807, 2.05) is 12.1 Å². The molecule has 2 aromatic carbocycles. The van der Waals surface area contributed by atoms with Crippen LogP contribution in [0.15, 0.2) is 53.1 Å². The van der Waals surface area contributed by atoms with Gasteiger partial charge in [-0.05, 0) is 60.6 Å². The quantitative estimate of drug-likeness (QED) is 0.413. The minimum atomic E-state index is -1.12. The van der Waals surface area contributed by atoms with Crippen molar-refractivity contribution in [3.05, 3.63) is 65.4 Å². The Labute approximate surface area is 196 Å². The molecular weight excluding hydrogens is 436 g/mol. The zero-order chi connectivity index (χ0) is 24.2. The molecule has 1 aromatic heterocycles. The van der Waals surface area contributed by atoms with Crippen molar-refractivity contribution in [3.8, 4) is 11.3 Å². The van der Waals surface area contributed by atoms with Gasteiger partial charge < -0.3 is 25.6 Å². The molecule has 0 aliphatic heterocycles. The van der Waals surface area contributed by atoms with Gasteiger partial charge in [-0.1, -0.05) is 37.2 Å². The fourth-order valence-corrected chi connectivity index (χ4v) is 3.91. The molecule has 0 spiro atoms. The van der Waals surface area contributed by atoms with Crippen LogP contribution in [-0.4, -0.2) is 34.2 Å². The normalized spacial score (nSPS) is 13.3. The number of aryl methyl sites for hydroxylation is 2. The number of fused-ring (bicyclic) bond motifs is 1. The van der Waals surface area contributed by atoms with E-state index in [0.29, 0.717) is 16.9 Å². The highest BCUT2D eigenvalue weighted by Crippen LogP contribution is 2.25. The number of carboxylic acids is 1. The lowest BCUT2D eigenvalue weighted by Gasteiger charge is -2.16. The summed E-state index contributed by atoms with van der Waals surface area (Å²) in [6.45, 7) is 3.40. The average Bonchev–Trinajstić information content (AvgIpc) is 3.47. The molecule has 1 aliphatic carbocycles. The van der Waals surface area contributed by atoms with Gasteiger partial charge >= 0.3 is 12.0 Å². The maximum absolute atomic E-state index is 12.4. The number of rotatable bonds is 7. The summed E-state index contributed by atoms with van der Waals surface area (Å²) in [6, 6.07) is 12.9. The van der Waals surface area contributed by atoms with Crippen LogP contribution < -0.4 is 16.0 Å². The van der Waals surface area contributed by atoms with Crippen molar-refractivity contribution in [2.75, 3.05) is 10.6 Å². The van der Waals surface area contributed by atoms with Crippen molar-refractivity contribution >= 4 is 29.3 Å². The van der Waals surface area contributed by atoms with Crippen LogP contribution in [0.2, 0.25) is 0 Å². The molecular formula is C25H26N4O5. The van der Waals surface area contributed by atoms with Gasteiger partial charge in [0.25, 0.3) is 5.91 Å². The minimum Gasteiger partial charge on any atom is -0.480 e. The van der Waals surface area contributed by atoms with Crippen LogP contribution in [0, 0.1) is 5.92 Å². The van der Waals surface area contributed by atoms with E-state index in [0.717, 1.165) is 24.9 Å². The molecule has 9 nitrogen and oxygen atoms in total. The Morgan fingerprint density at radius 1 is 0.941 bits per heavy atom. The predicted octanol–water partition coefficient (Wildman–Crippen LogP) is 4.31. The molecule has 1 aliphatic rings. The number of benzene rings is 2. The number of amides is 3. The van der Waals surface area contributed by atoms with Gasteiger partial charge in [0.15, 0.2) is 0 Å². The minimum absolute atomic E-state index is 0.0853. The van der Waals surface area contributed by atoms with E-state index in [1.165, 1.54) is 17.2 Å². The molecule has 0 fully saturated rings. The molecule has 176 valence electrons. The summed E-state index contributed by atoms with van der Waals surface area (Å²) >= 11 is 0. The smallest absolute Gasteiger partial charge is 0.326 e. The van der Waals surface area contributed by atoms with Crippen molar-refractivity contribution in [1.29, 1.82) is 0 Å². The van der Waals surface area contributed by atoms with E-state index in [2.05, 4.69) is 27.2 Å². The summed E-state index contributed by atoms with van der Waals surface area (Å²) in [5.41, 5.74) is 5.06. The molecule has 9 heteroatoms. The van der Waals surface area contributed by atoms with E-state index >= 15 is 0 Å². The lowest BCUT2D eigenvalue weighted by atomic mass is 10.0. The number of aromatic nitrogens is 1. The van der Waals surface area contributed by atoms with Crippen LogP contribution in [0.1, 0.15) is 41.9 Å². The van der Waals surface area contributed by atoms with Crippen molar-refractivity contribution in [3.63, 3.8) is 0 Å². The Kier molecular flexibility index (Phi) is 6.62. The van der Waals surface area contributed by atoms with Crippen molar-refractivity contribution in [2.45, 2.75) is 39.2 Å². The van der Waals surface area contributed by atoms with Gasteiger partial charge in [-0.15, -0.1) is 0 Å². The van der Waals surface area contributed by atoms with Gasteiger partial charge in [0, 0.05) is 23.0 Å². The highest BCUT2D eigenvalue weighted by Gasteiger charge is 2.26. The van der Waals surface area contributed by atoms with E-state index in [1.54, 1.807) is 38.1 Å². The highest BCUT2D eigenvalue weighted by atomic mass is 16.5.